The Labute approximate surface area is 87.6 Å². The molecule has 0 aliphatic carbocycles. The highest BCUT2D eigenvalue weighted by Gasteiger charge is 2.10. The molecule has 7 heteroatoms. The van der Waals surface area contributed by atoms with Gasteiger partial charge in [0.1, 0.15) is 0 Å². The Bertz CT molecular complexity index is 321. The molecule has 15 heavy (non-hydrogen) atoms. The van der Waals surface area contributed by atoms with Crippen LogP contribution in [-0.4, -0.2) is 40.6 Å². The standard InChI is InChI=1S/C8H15N5O2/c1-3-13(4-2)6(14)5-10-8-12-11-7(9)15-8/h3-5H2,1-2H3,(H2,9,11)(H,10,12). The highest BCUT2D eigenvalue weighted by Crippen LogP contribution is 2.05. The van der Waals surface area contributed by atoms with Gasteiger partial charge in [-0.05, 0) is 13.8 Å². The summed E-state index contributed by atoms with van der Waals surface area (Å²) in [5, 5.41) is 9.73. The lowest BCUT2D eigenvalue weighted by Gasteiger charge is -2.18. The molecule has 1 aromatic heterocycles. The van der Waals surface area contributed by atoms with Crippen LogP contribution in [0.15, 0.2) is 4.42 Å². The molecule has 0 fully saturated rings. The molecule has 1 aromatic rings. The van der Waals surface area contributed by atoms with Crippen molar-refractivity contribution < 1.29 is 9.21 Å². The monoisotopic (exact) mass is 213 g/mol. The maximum absolute atomic E-state index is 11.5. The number of anilines is 2. The van der Waals surface area contributed by atoms with Crippen molar-refractivity contribution in [1.82, 2.24) is 15.1 Å². The second-order valence-electron chi connectivity index (χ2n) is 2.87. The minimum absolute atomic E-state index is 0.0169. The second kappa shape index (κ2) is 5.18. The summed E-state index contributed by atoms with van der Waals surface area (Å²) in [5.41, 5.74) is 5.22. The van der Waals surface area contributed by atoms with Crippen LogP contribution in [0.1, 0.15) is 13.8 Å². The molecule has 0 aromatic carbocycles. The number of carbonyl (C=O) groups is 1. The molecular formula is C8H15N5O2. The Morgan fingerprint density at radius 3 is 2.60 bits per heavy atom. The van der Waals surface area contributed by atoms with Gasteiger partial charge in [0.05, 0.1) is 6.54 Å². The van der Waals surface area contributed by atoms with E-state index in [0.29, 0.717) is 13.1 Å². The van der Waals surface area contributed by atoms with Crippen LogP contribution in [0.5, 0.6) is 0 Å². The summed E-state index contributed by atoms with van der Waals surface area (Å²) in [7, 11) is 0. The highest BCUT2D eigenvalue weighted by molar-refractivity contribution is 5.80. The van der Waals surface area contributed by atoms with Crippen molar-refractivity contribution in [2.45, 2.75) is 13.8 Å². The Morgan fingerprint density at radius 1 is 1.47 bits per heavy atom. The van der Waals surface area contributed by atoms with Crippen molar-refractivity contribution in [2.75, 3.05) is 30.7 Å². The van der Waals surface area contributed by atoms with Crippen molar-refractivity contribution in [1.29, 1.82) is 0 Å². The largest absolute Gasteiger partial charge is 0.390 e. The van der Waals surface area contributed by atoms with Gasteiger partial charge in [-0.1, -0.05) is 10.2 Å². The zero-order valence-electron chi connectivity index (χ0n) is 8.86. The van der Waals surface area contributed by atoms with E-state index in [2.05, 4.69) is 15.5 Å². The van der Waals surface area contributed by atoms with E-state index >= 15 is 0 Å². The van der Waals surface area contributed by atoms with E-state index in [1.165, 1.54) is 0 Å². The fraction of sp³-hybridized carbons (Fsp3) is 0.625. The molecular weight excluding hydrogens is 198 g/mol. The third kappa shape index (κ3) is 3.12. The predicted octanol–water partition coefficient (Wildman–Crippen LogP) is -0.0679. The fourth-order valence-electron chi connectivity index (χ4n) is 1.15. The number of nitrogen functional groups attached to an aromatic ring is 1. The van der Waals surface area contributed by atoms with Gasteiger partial charge < -0.3 is 20.4 Å². The van der Waals surface area contributed by atoms with E-state index in [1.54, 1.807) is 4.90 Å². The van der Waals surface area contributed by atoms with Crippen LogP contribution in [0.2, 0.25) is 0 Å². The second-order valence-corrected chi connectivity index (χ2v) is 2.87. The molecule has 7 nitrogen and oxygen atoms in total. The van der Waals surface area contributed by atoms with E-state index in [4.69, 9.17) is 10.2 Å². The molecule has 3 N–H and O–H groups in total. The maximum Gasteiger partial charge on any atom is 0.317 e. The minimum atomic E-state index is -0.0206. The fourth-order valence-corrected chi connectivity index (χ4v) is 1.15. The first-order valence-electron chi connectivity index (χ1n) is 4.78. The number of hydrogen-bond acceptors (Lipinski definition) is 6. The number of nitrogens with two attached hydrogens (primary N) is 1. The van der Waals surface area contributed by atoms with Crippen molar-refractivity contribution >= 4 is 17.9 Å². The van der Waals surface area contributed by atoms with Gasteiger partial charge in [0.15, 0.2) is 0 Å². The first-order valence-corrected chi connectivity index (χ1v) is 4.78. The van der Waals surface area contributed by atoms with Gasteiger partial charge in [0.25, 0.3) is 0 Å². The summed E-state index contributed by atoms with van der Waals surface area (Å²) < 4.78 is 4.85. The number of hydrogen-bond donors (Lipinski definition) is 2. The van der Waals surface area contributed by atoms with E-state index in [9.17, 15) is 4.79 Å². The van der Waals surface area contributed by atoms with Crippen molar-refractivity contribution in [3.05, 3.63) is 0 Å². The van der Waals surface area contributed by atoms with Crippen molar-refractivity contribution in [3.63, 3.8) is 0 Å². The average molecular weight is 213 g/mol. The van der Waals surface area contributed by atoms with Gasteiger partial charge >= 0.3 is 12.0 Å². The molecule has 0 radical (unpaired) electrons. The third-order valence-electron chi connectivity index (χ3n) is 1.95. The number of likely N-dealkylation sites (N-methyl/N-ethyl adjacent to an activating group) is 1. The molecule has 0 unspecified atom stereocenters. The summed E-state index contributed by atoms with van der Waals surface area (Å²) in [6.07, 6.45) is 0. The summed E-state index contributed by atoms with van der Waals surface area (Å²) in [6, 6.07) is 0.140. The molecule has 1 heterocycles. The first kappa shape index (κ1) is 11.3. The summed E-state index contributed by atoms with van der Waals surface area (Å²) in [6.45, 7) is 5.34. The molecule has 0 bridgehead atoms. The zero-order chi connectivity index (χ0) is 11.3. The molecule has 0 saturated carbocycles. The molecule has 0 aliphatic rings. The molecule has 0 aliphatic heterocycles. The number of nitrogens with one attached hydrogen (secondary N) is 1. The van der Waals surface area contributed by atoms with Crippen molar-refractivity contribution in [2.24, 2.45) is 0 Å². The van der Waals surface area contributed by atoms with Crippen LogP contribution in [0.3, 0.4) is 0 Å². The van der Waals surface area contributed by atoms with Crippen LogP contribution in [0.25, 0.3) is 0 Å². The Balaban J connectivity index is 2.40. The van der Waals surface area contributed by atoms with Gasteiger partial charge in [-0.2, -0.15) is 0 Å². The topological polar surface area (TPSA) is 97.3 Å². The smallest absolute Gasteiger partial charge is 0.317 e. The first-order chi connectivity index (χ1) is 7.17. The van der Waals surface area contributed by atoms with Gasteiger partial charge in [-0.25, -0.2) is 0 Å². The Hall–Kier alpha value is -1.79. The SMILES string of the molecule is CCN(CC)C(=O)CNc1nnc(N)o1. The number of nitrogens with zero attached hydrogens (tertiary/aromatic N) is 3. The highest BCUT2D eigenvalue weighted by atomic mass is 16.4. The number of amides is 1. The Kier molecular flexibility index (Phi) is 3.90. The zero-order valence-corrected chi connectivity index (χ0v) is 8.86. The molecule has 1 amide bonds. The molecule has 1 rings (SSSR count). The van der Waals surface area contributed by atoms with Gasteiger partial charge in [0, 0.05) is 13.1 Å². The van der Waals surface area contributed by atoms with E-state index in [0.717, 1.165) is 0 Å². The summed E-state index contributed by atoms with van der Waals surface area (Å²) in [4.78, 5) is 13.2. The van der Waals surface area contributed by atoms with Crippen molar-refractivity contribution in [3.8, 4) is 0 Å². The molecule has 84 valence electrons. The van der Waals surface area contributed by atoms with E-state index in [-0.39, 0.29) is 24.5 Å². The van der Waals surface area contributed by atoms with E-state index in [1.807, 2.05) is 13.8 Å². The lowest BCUT2D eigenvalue weighted by molar-refractivity contribution is -0.128. The van der Waals surface area contributed by atoms with Gasteiger partial charge in [-0.15, -0.1) is 0 Å². The number of aromatic nitrogens is 2. The summed E-state index contributed by atoms with van der Waals surface area (Å²) in [5.74, 6) is -0.0169. The maximum atomic E-state index is 11.5. The molecule has 0 spiro atoms. The minimum Gasteiger partial charge on any atom is -0.390 e. The third-order valence-corrected chi connectivity index (χ3v) is 1.95. The average Bonchev–Trinajstić information content (AvgIpc) is 2.63. The number of carbonyl (C=O) groups excluding carboxylic acids is 1. The summed E-state index contributed by atoms with van der Waals surface area (Å²) >= 11 is 0. The molecule has 0 atom stereocenters. The Morgan fingerprint density at radius 2 is 2.13 bits per heavy atom. The predicted molar refractivity (Wildman–Crippen MR) is 55.1 cm³/mol. The molecule has 0 saturated heterocycles. The van der Waals surface area contributed by atoms with Crippen LogP contribution in [0, 0.1) is 0 Å². The van der Waals surface area contributed by atoms with E-state index < -0.39 is 0 Å². The van der Waals surface area contributed by atoms with Gasteiger partial charge in [0.2, 0.25) is 5.91 Å². The van der Waals surface area contributed by atoms with Crippen LogP contribution in [-0.2, 0) is 4.79 Å². The quantitative estimate of drug-likeness (QED) is 0.710. The normalized spacial score (nSPS) is 10.0. The lowest BCUT2D eigenvalue weighted by atomic mass is 10.4. The van der Waals surface area contributed by atoms with Crippen LogP contribution >= 0.6 is 0 Å². The number of rotatable bonds is 5. The van der Waals surface area contributed by atoms with Crippen LogP contribution < -0.4 is 11.1 Å². The lowest BCUT2D eigenvalue weighted by Crippen LogP contribution is -2.35. The van der Waals surface area contributed by atoms with Crippen LogP contribution in [0.4, 0.5) is 12.0 Å². The van der Waals surface area contributed by atoms with Gasteiger partial charge in [-0.3, -0.25) is 4.79 Å².